The number of anilines is 3. The average Bonchev–Trinajstić information content (AvgIpc) is 3.21. The van der Waals surface area contributed by atoms with E-state index in [0.717, 1.165) is 66.7 Å². The SMILES string of the molecule is CN(C)c1cc(-c2ccc3nc(Nc4cc(CN5CCNCC5)ccn4)[nH]c3c2)ncn1.Cl. The maximum absolute atomic E-state index is 4.67. The summed E-state index contributed by atoms with van der Waals surface area (Å²) in [6.45, 7) is 5.15. The van der Waals surface area contributed by atoms with Crippen LogP contribution < -0.4 is 15.5 Å². The molecule has 4 aromatic rings. The van der Waals surface area contributed by atoms with E-state index >= 15 is 0 Å². The van der Waals surface area contributed by atoms with Crippen molar-refractivity contribution in [3.8, 4) is 11.3 Å². The van der Waals surface area contributed by atoms with E-state index in [4.69, 9.17) is 0 Å². The summed E-state index contributed by atoms with van der Waals surface area (Å²) in [5, 5.41) is 6.70. The summed E-state index contributed by atoms with van der Waals surface area (Å²) in [4.78, 5) is 25.6. The minimum atomic E-state index is 0. The number of rotatable bonds is 6. The molecule has 4 heterocycles. The van der Waals surface area contributed by atoms with Gasteiger partial charge in [-0.3, -0.25) is 4.90 Å². The Morgan fingerprint density at radius 1 is 1.03 bits per heavy atom. The molecule has 1 aliphatic heterocycles. The van der Waals surface area contributed by atoms with Crippen LogP contribution in [0.1, 0.15) is 5.56 Å². The Bertz CT molecular complexity index is 1220. The summed E-state index contributed by atoms with van der Waals surface area (Å²) in [6.07, 6.45) is 3.44. The minimum Gasteiger partial charge on any atom is -0.363 e. The average molecular weight is 466 g/mol. The number of imidazole rings is 1. The molecule has 0 radical (unpaired) electrons. The zero-order chi connectivity index (χ0) is 21.9. The molecule has 9 nitrogen and oxygen atoms in total. The fourth-order valence-corrected chi connectivity index (χ4v) is 3.87. The highest BCUT2D eigenvalue weighted by molar-refractivity contribution is 5.85. The van der Waals surface area contributed by atoms with Gasteiger partial charge in [0.15, 0.2) is 0 Å². The van der Waals surface area contributed by atoms with Crippen LogP contribution in [0.15, 0.2) is 48.9 Å². The molecule has 0 spiro atoms. The first-order valence-electron chi connectivity index (χ1n) is 10.8. The number of hydrogen-bond donors (Lipinski definition) is 3. The standard InChI is InChI=1S/C23H27N9.ClH/c1-31(2)22-13-19(26-15-27-22)17-3-4-18-20(12-17)29-23(28-18)30-21-11-16(5-6-25-21)14-32-9-7-24-8-10-32;/h3-6,11-13,15,24H,7-10,14H2,1-2H3,(H2,25,28,29,30);1H. The molecule has 1 aliphatic rings. The monoisotopic (exact) mass is 465 g/mol. The van der Waals surface area contributed by atoms with E-state index in [-0.39, 0.29) is 12.4 Å². The molecule has 0 amide bonds. The second-order valence-corrected chi connectivity index (χ2v) is 8.17. The van der Waals surface area contributed by atoms with Gasteiger partial charge in [-0.15, -0.1) is 12.4 Å². The highest BCUT2D eigenvalue weighted by atomic mass is 35.5. The van der Waals surface area contributed by atoms with Gasteiger partial charge in [0.05, 0.1) is 16.7 Å². The van der Waals surface area contributed by atoms with E-state index in [2.05, 4.69) is 58.7 Å². The molecule has 3 N–H and O–H groups in total. The van der Waals surface area contributed by atoms with Gasteiger partial charge >= 0.3 is 0 Å². The Balaban J connectivity index is 0.00000259. The van der Waals surface area contributed by atoms with Crippen LogP contribution in [-0.4, -0.2) is 70.1 Å². The Labute approximate surface area is 199 Å². The number of H-pyrrole nitrogens is 1. The van der Waals surface area contributed by atoms with Crippen LogP contribution in [0.5, 0.6) is 0 Å². The van der Waals surface area contributed by atoms with Crippen molar-refractivity contribution in [2.75, 3.05) is 50.5 Å². The fourth-order valence-electron chi connectivity index (χ4n) is 3.87. The smallest absolute Gasteiger partial charge is 0.206 e. The van der Waals surface area contributed by atoms with Crippen LogP contribution in [0.3, 0.4) is 0 Å². The molecular weight excluding hydrogens is 438 g/mol. The molecule has 172 valence electrons. The van der Waals surface area contributed by atoms with Crippen molar-refractivity contribution in [3.05, 3.63) is 54.5 Å². The third-order valence-electron chi connectivity index (χ3n) is 5.58. The summed E-state index contributed by atoms with van der Waals surface area (Å²) >= 11 is 0. The Kier molecular flexibility index (Phi) is 7.02. The normalized spacial score (nSPS) is 14.1. The van der Waals surface area contributed by atoms with E-state index in [0.29, 0.717) is 5.95 Å². The van der Waals surface area contributed by atoms with Gasteiger partial charge in [-0.25, -0.2) is 19.9 Å². The topological polar surface area (TPSA) is 97.9 Å². The van der Waals surface area contributed by atoms with Crippen molar-refractivity contribution >= 4 is 41.0 Å². The van der Waals surface area contributed by atoms with Crippen LogP contribution in [-0.2, 0) is 6.54 Å². The molecule has 0 saturated carbocycles. The molecule has 33 heavy (non-hydrogen) atoms. The number of aromatic nitrogens is 5. The van der Waals surface area contributed by atoms with E-state index in [1.54, 1.807) is 6.33 Å². The first-order chi connectivity index (χ1) is 15.6. The van der Waals surface area contributed by atoms with Gasteiger partial charge in [-0.1, -0.05) is 6.07 Å². The lowest BCUT2D eigenvalue weighted by Crippen LogP contribution is -2.42. The van der Waals surface area contributed by atoms with Crippen molar-refractivity contribution in [1.29, 1.82) is 0 Å². The number of pyridine rings is 1. The molecule has 5 rings (SSSR count). The van der Waals surface area contributed by atoms with Gasteiger partial charge in [0.2, 0.25) is 5.95 Å². The highest BCUT2D eigenvalue weighted by Crippen LogP contribution is 2.25. The maximum atomic E-state index is 4.67. The van der Waals surface area contributed by atoms with Crippen molar-refractivity contribution in [2.45, 2.75) is 6.54 Å². The Morgan fingerprint density at radius 2 is 1.88 bits per heavy atom. The quantitative estimate of drug-likeness (QED) is 0.399. The first-order valence-corrected chi connectivity index (χ1v) is 10.8. The first kappa shape index (κ1) is 22.9. The molecule has 0 atom stereocenters. The van der Waals surface area contributed by atoms with Gasteiger partial charge in [0.1, 0.15) is 18.0 Å². The van der Waals surface area contributed by atoms with Gasteiger partial charge < -0.3 is 20.5 Å². The van der Waals surface area contributed by atoms with Crippen LogP contribution in [0.25, 0.3) is 22.3 Å². The lowest BCUT2D eigenvalue weighted by atomic mass is 10.1. The fraction of sp³-hybridized carbons (Fsp3) is 0.304. The van der Waals surface area contributed by atoms with Gasteiger partial charge in [0, 0.05) is 64.6 Å². The summed E-state index contributed by atoms with van der Waals surface area (Å²) in [7, 11) is 3.93. The van der Waals surface area contributed by atoms with Crippen LogP contribution in [0, 0.1) is 0 Å². The summed E-state index contributed by atoms with van der Waals surface area (Å²) in [5.74, 6) is 2.32. The van der Waals surface area contributed by atoms with Gasteiger partial charge in [-0.2, -0.15) is 0 Å². The number of nitrogens with zero attached hydrogens (tertiary/aromatic N) is 6. The molecule has 1 fully saturated rings. The highest BCUT2D eigenvalue weighted by Gasteiger charge is 2.11. The molecule has 10 heteroatoms. The van der Waals surface area contributed by atoms with Crippen molar-refractivity contribution in [2.24, 2.45) is 0 Å². The van der Waals surface area contributed by atoms with Crippen LogP contribution in [0.2, 0.25) is 0 Å². The number of halogens is 1. The minimum absolute atomic E-state index is 0. The van der Waals surface area contributed by atoms with Crippen LogP contribution in [0.4, 0.5) is 17.6 Å². The summed E-state index contributed by atoms with van der Waals surface area (Å²) in [6, 6.07) is 12.2. The second kappa shape index (κ2) is 10.1. The number of nitrogens with one attached hydrogen (secondary N) is 3. The van der Waals surface area contributed by atoms with Crippen molar-refractivity contribution < 1.29 is 0 Å². The number of fused-ring (bicyclic) bond motifs is 1. The Morgan fingerprint density at radius 3 is 2.70 bits per heavy atom. The molecule has 0 unspecified atom stereocenters. The third-order valence-corrected chi connectivity index (χ3v) is 5.58. The lowest BCUT2D eigenvalue weighted by Gasteiger charge is -2.27. The lowest BCUT2D eigenvalue weighted by molar-refractivity contribution is 0.233. The van der Waals surface area contributed by atoms with Crippen molar-refractivity contribution in [3.63, 3.8) is 0 Å². The zero-order valence-corrected chi connectivity index (χ0v) is 19.6. The van der Waals surface area contributed by atoms with E-state index < -0.39 is 0 Å². The Hall–Kier alpha value is -3.27. The molecule has 0 aliphatic carbocycles. The maximum Gasteiger partial charge on any atom is 0.206 e. The van der Waals surface area contributed by atoms with Crippen molar-refractivity contribution in [1.82, 2.24) is 35.1 Å². The molecule has 0 bridgehead atoms. The zero-order valence-electron chi connectivity index (χ0n) is 18.7. The third kappa shape index (κ3) is 5.39. The molecular formula is C23H28ClN9. The summed E-state index contributed by atoms with van der Waals surface area (Å²) in [5.41, 5.74) is 4.94. The molecule has 3 aromatic heterocycles. The number of benzene rings is 1. The largest absolute Gasteiger partial charge is 0.363 e. The molecule has 1 saturated heterocycles. The second-order valence-electron chi connectivity index (χ2n) is 8.17. The van der Waals surface area contributed by atoms with E-state index in [1.807, 2.05) is 43.4 Å². The predicted molar refractivity (Wildman–Crippen MR) is 134 cm³/mol. The van der Waals surface area contributed by atoms with Gasteiger partial charge in [-0.05, 0) is 29.8 Å². The summed E-state index contributed by atoms with van der Waals surface area (Å²) < 4.78 is 0. The number of hydrogen-bond acceptors (Lipinski definition) is 8. The number of aromatic amines is 1. The predicted octanol–water partition coefficient (Wildman–Crippen LogP) is 3.05. The number of piperazine rings is 1. The van der Waals surface area contributed by atoms with Gasteiger partial charge in [0.25, 0.3) is 0 Å². The van der Waals surface area contributed by atoms with Crippen LogP contribution >= 0.6 is 12.4 Å². The molecule has 1 aromatic carbocycles. The van der Waals surface area contributed by atoms with E-state index in [9.17, 15) is 0 Å². The van der Waals surface area contributed by atoms with E-state index in [1.165, 1.54) is 5.56 Å².